The Kier molecular flexibility index (Phi) is 4.70. The summed E-state index contributed by atoms with van der Waals surface area (Å²) >= 11 is 1.48. The van der Waals surface area contributed by atoms with Crippen LogP contribution in [0.2, 0.25) is 0 Å². The summed E-state index contributed by atoms with van der Waals surface area (Å²) < 4.78 is 0. The van der Waals surface area contributed by atoms with Crippen molar-refractivity contribution in [3.8, 4) is 0 Å². The highest BCUT2D eigenvalue weighted by Crippen LogP contribution is 2.24. The molecule has 4 nitrogen and oxygen atoms in total. The number of carbonyl (C=O) groups is 1. The van der Waals surface area contributed by atoms with Gasteiger partial charge in [0.1, 0.15) is 11.4 Å². The van der Waals surface area contributed by atoms with Crippen LogP contribution in [0.3, 0.4) is 0 Å². The van der Waals surface area contributed by atoms with Gasteiger partial charge in [-0.2, -0.15) is 0 Å². The van der Waals surface area contributed by atoms with Gasteiger partial charge in [0.25, 0.3) is 0 Å². The van der Waals surface area contributed by atoms with Crippen LogP contribution in [-0.4, -0.2) is 27.7 Å². The Labute approximate surface area is 128 Å². The van der Waals surface area contributed by atoms with E-state index in [9.17, 15) is 4.79 Å². The summed E-state index contributed by atoms with van der Waals surface area (Å²) in [6.07, 6.45) is 7.56. The number of nitrogens with one attached hydrogen (secondary N) is 1. The Morgan fingerprint density at radius 2 is 2.00 bits per heavy atom. The second kappa shape index (κ2) is 6.89. The van der Waals surface area contributed by atoms with Crippen LogP contribution in [0.5, 0.6) is 0 Å². The summed E-state index contributed by atoms with van der Waals surface area (Å²) in [6.45, 7) is 0. The molecular weight excluding hydrogens is 282 g/mol. The minimum absolute atomic E-state index is 0.106. The molecule has 0 aliphatic heterocycles. The van der Waals surface area contributed by atoms with Crippen LogP contribution in [0.4, 0.5) is 0 Å². The topological polar surface area (TPSA) is 54.9 Å². The third-order valence-corrected chi connectivity index (χ3v) is 4.82. The lowest BCUT2D eigenvalue weighted by atomic mass is 9.95. The number of aromatic nitrogens is 2. The second-order valence-electron chi connectivity index (χ2n) is 5.39. The third kappa shape index (κ3) is 3.73. The van der Waals surface area contributed by atoms with E-state index in [0.29, 0.717) is 11.8 Å². The molecule has 1 heterocycles. The highest BCUT2D eigenvalue weighted by Gasteiger charge is 2.16. The average molecular weight is 301 g/mol. The summed E-state index contributed by atoms with van der Waals surface area (Å²) in [7, 11) is 0. The van der Waals surface area contributed by atoms with Crippen LogP contribution in [0.25, 0.3) is 10.9 Å². The van der Waals surface area contributed by atoms with Crippen molar-refractivity contribution in [2.75, 3.05) is 5.75 Å². The molecule has 1 aliphatic rings. The first-order valence-corrected chi connectivity index (χ1v) is 8.43. The van der Waals surface area contributed by atoms with Crippen molar-refractivity contribution in [2.45, 2.75) is 43.2 Å². The summed E-state index contributed by atoms with van der Waals surface area (Å²) in [6, 6.07) is 8.26. The third-order valence-electron chi connectivity index (χ3n) is 3.82. The van der Waals surface area contributed by atoms with Crippen LogP contribution in [0, 0.1) is 0 Å². The predicted octanol–water partition coefficient (Wildman–Crippen LogP) is 3.17. The fourth-order valence-electron chi connectivity index (χ4n) is 2.75. The van der Waals surface area contributed by atoms with Gasteiger partial charge in [-0.1, -0.05) is 49.2 Å². The Balaban J connectivity index is 1.59. The van der Waals surface area contributed by atoms with E-state index in [1.165, 1.54) is 31.0 Å². The fraction of sp³-hybridized carbons (Fsp3) is 0.438. The molecule has 5 heteroatoms. The maximum absolute atomic E-state index is 12.0. The van der Waals surface area contributed by atoms with E-state index in [1.54, 1.807) is 6.33 Å². The molecule has 1 amide bonds. The van der Waals surface area contributed by atoms with Crippen molar-refractivity contribution < 1.29 is 4.79 Å². The number of para-hydroxylation sites is 1. The summed E-state index contributed by atoms with van der Waals surface area (Å²) in [5.41, 5.74) is 0.919. The van der Waals surface area contributed by atoms with E-state index in [2.05, 4.69) is 15.3 Å². The molecular formula is C16H19N3OS. The van der Waals surface area contributed by atoms with Crippen LogP contribution in [-0.2, 0) is 4.79 Å². The molecule has 0 atom stereocenters. The highest BCUT2D eigenvalue weighted by atomic mass is 32.2. The molecule has 110 valence electrons. The maximum Gasteiger partial charge on any atom is 0.230 e. The second-order valence-corrected chi connectivity index (χ2v) is 6.35. The van der Waals surface area contributed by atoms with Gasteiger partial charge in [0.2, 0.25) is 5.91 Å². The van der Waals surface area contributed by atoms with Crippen molar-refractivity contribution in [1.82, 2.24) is 15.3 Å². The van der Waals surface area contributed by atoms with Gasteiger partial charge in [0.15, 0.2) is 0 Å². The molecule has 3 rings (SSSR count). The van der Waals surface area contributed by atoms with Crippen molar-refractivity contribution in [3.05, 3.63) is 30.6 Å². The van der Waals surface area contributed by atoms with Gasteiger partial charge >= 0.3 is 0 Å². The Morgan fingerprint density at radius 1 is 1.19 bits per heavy atom. The Hall–Kier alpha value is -1.62. The van der Waals surface area contributed by atoms with Crippen LogP contribution >= 0.6 is 11.8 Å². The number of fused-ring (bicyclic) bond motifs is 1. The monoisotopic (exact) mass is 301 g/mol. The normalized spacial score (nSPS) is 16.0. The van der Waals surface area contributed by atoms with Crippen LogP contribution < -0.4 is 5.32 Å². The molecule has 1 N–H and O–H groups in total. The maximum atomic E-state index is 12.0. The first-order chi connectivity index (χ1) is 10.3. The number of amides is 1. The van der Waals surface area contributed by atoms with Crippen molar-refractivity contribution in [2.24, 2.45) is 0 Å². The predicted molar refractivity (Wildman–Crippen MR) is 85.3 cm³/mol. The summed E-state index contributed by atoms with van der Waals surface area (Å²) in [5, 5.41) is 5.02. The average Bonchev–Trinajstić information content (AvgIpc) is 2.54. The van der Waals surface area contributed by atoms with E-state index in [4.69, 9.17) is 0 Å². The molecule has 1 aliphatic carbocycles. The number of benzene rings is 1. The molecule has 2 aromatic rings. The SMILES string of the molecule is O=C(CSc1ncnc2ccccc12)NC1CCCCC1. The van der Waals surface area contributed by atoms with E-state index in [1.807, 2.05) is 24.3 Å². The smallest absolute Gasteiger partial charge is 0.230 e. The van der Waals surface area contributed by atoms with E-state index in [-0.39, 0.29) is 5.91 Å². The number of hydrogen-bond donors (Lipinski definition) is 1. The van der Waals surface area contributed by atoms with E-state index < -0.39 is 0 Å². The number of hydrogen-bond acceptors (Lipinski definition) is 4. The fourth-order valence-corrected chi connectivity index (χ4v) is 3.55. The Morgan fingerprint density at radius 3 is 2.86 bits per heavy atom. The molecule has 0 bridgehead atoms. The van der Waals surface area contributed by atoms with Gasteiger partial charge in [-0.3, -0.25) is 4.79 Å². The molecule has 0 saturated heterocycles. The lowest BCUT2D eigenvalue weighted by Crippen LogP contribution is -2.37. The van der Waals surface area contributed by atoms with Crippen LogP contribution in [0.1, 0.15) is 32.1 Å². The molecule has 0 radical (unpaired) electrons. The minimum atomic E-state index is 0.106. The van der Waals surface area contributed by atoms with Crippen molar-refractivity contribution in [3.63, 3.8) is 0 Å². The van der Waals surface area contributed by atoms with Gasteiger partial charge in [-0.15, -0.1) is 0 Å². The quantitative estimate of drug-likeness (QED) is 0.696. The van der Waals surface area contributed by atoms with Gasteiger partial charge in [0.05, 0.1) is 11.3 Å². The number of thioether (sulfide) groups is 1. The highest BCUT2D eigenvalue weighted by molar-refractivity contribution is 8.00. The zero-order chi connectivity index (χ0) is 14.5. The number of rotatable bonds is 4. The number of carbonyl (C=O) groups excluding carboxylic acids is 1. The minimum Gasteiger partial charge on any atom is -0.353 e. The zero-order valence-electron chi connectivity index (χ0n) is 11.9. The van der Waals surface area contributed by atoms with Gasteiger partial charge < -0.3 is 5.32 Å². The summed E-state index contributed by atoms with van der Waals surface area (Å²) in [5.74, 6) is 0.520. The molecule has 0 unspecified atom stereocenters. The molecule has 1 aromatic heterocycles. The van der Waals surface area contributed by atoms with Crippen LogP contribution in [0.15, 0.2) is 35.6 Å². The lowest BCUT2D eigenvalue weighted by Gasteiger charge is -2.22. The molecule has 21 heavy (non-hydrogen) atoms. The Bertz CT molecular complexity index is 620. The first-order valence-electron chi connectivity index (χ1n) is 7.45. The van der Waals surface area contributed by atoms with E-state index in [0.717, 1.165) is 28.8 Å². The lowest BCUT2D eigenvalue weighted by molar-refractivity contribution is -0.119. The number of nitrogens with zero attached hydrogens (tertiary/aromatic N) is 2. The largest absolute Gasteiger partial charge is 0.353 e. The standard InChI is InChI=1S/C16H19N3OS/c20-15(19-12-6-2-1-3-7-12)10-21-16-13-8-4-5-9-14(13)17-11-18-16/h4-5,8-9,11-12H,1-3,6-7,10H2,(H,19,20). The first kappa shape index (κ1) is 14.3. The molecule has 0 spiro atoms. The van der Waals surface area contributed by atoms with Crippen molar-refractivity contribution >= 4 is 28.6 Å². The molecule has 1 fully saturated rings. The van der Waals surface area contributed by atoms with Gasteiger partial charge in [-0.05, 0) is 18.9 Å². The molecule has 1 saturated carbocycles. The van der Waals surface area contributed by atoms with Crippen molar-refractivity contribution in [1.29, 1.82) is 0 Å². The summed E-state index contributed by atoms with van der Waals surface area (Å²) in [4.78, 5) is 20.6. The zero-order valence-corrected chi connectivity index (χ0v) is 12.7. The van der Waals surface area contributed by atoms with E-state index >= 15 is 0 Å². The molecule has 1 aromatic carbocycles. The van der Waals surface area contributed by atoms with Gasteiger partial charge in [-0.25, -0.2) is 9.97 Å². The van der Waals surface area contributed by atoms with Gasteiger partial charge in [0, 0.05) is 11.4 Å².